The Morgan fingerprint density at radius 1 is 1.22 bits per heavy atom. The molecule has 1 aliphatic carbocycles. The van der Waals surface area contributed by atoms with E-state index in [0.717, 1.165) is 23.0 Å². The van der Waals surface area contributed by atoms with Gasteiger partial charge in [0, 0.05) is 22.6 Å². The van der Waals surface area contributed by atoms with E-state index in [1.54, 1.807) is 12.1 Å². The van der Waals surface area contributed by atoms with Crippen LogP contribution in [0, 0.1) is 10.1 Å². The molecule has 1 aliphatic rings. The molecule has 4 nitrogen and oxygen atoms in total. The highest BCUT2D eigenvalue weighted by Gasteiger charge is 2.15. The zero-order chi connectivity index (χ0) is 13.0. The van der Waals surface area contributed by atoms with Gasteiger partial charge in [0.1, 0.15) is 0 Å². The van der Waals surface area contributed by atoms with Crippen LogP contribution in [0.25, 0.3) is 0 Å². The Labute approximate surface area is 115 Å². The van der Waals surface area contributed by atoms with Crippen LogP contribution in [-0.4, -0.2) is 11.0 Å². The van der Waals surface area contributed by atoms with E-state index in [9.17, 15) is 10.1 Å². The van der Waals surface area contributed by atoms with Gasteiger partial charge in [0.2, 0.25) is 0 Å². The fourth-order valence-electron chi connectivity index (χ4n) is 2.38. The van der Waals surface area contributed by atoms with Gasteiger partial charge in [0.05, 0.1) is 10.6 Å². The third-order valence-corrected chi connectivity index (χ3v) is 4.07. The second-order valence-electron chi connectivity index (χ2n) is 4.75. The lowest BCUT2D eigenvalue weighted by atomic mass is 10.1. The second kappa shape index (κ2) is 6.18. The molecule has 0 bridgehead atoms. The van der Waals surface area contributed by atoms with Gasteiger partial charge in [-0.25, -0.2) is 0 Å². The van der Waals surface area contributed by atoms with Crippen molar-refractivity contribution < 1.29 is 4.92 Å². The fraction of sp³-hybridized carbons (Fsp3) is 0.538. The number of hydrogen-bond donors (Lipinski definition) is 1. The smallest absolute Gasteiger partial charge is 0.271 e. The molecular formula is C13H17BrN2O2. The number of rotatable bonds is 3. The van der Waals surface area contributed by atoms with Gasteiger partial charge in [-0.3, -0.25) is 10.1 Å². The zero-order valence-corrected chi connectivity index (χ0v) is 11.8. The predicted molar refractivity (Wildman–Crippen MR) is 75.9 cm³/mol. The molecule has 0 heterocycles. The number of hydrogen-bond acceptors (Lipinski definition) is 3. The van der Waals surface area contributed by atoms with Crippen molar-refractivity contribution >= 4 is 27.3 Å². The van der Waals surface area contributed by atoms with Gasteiger partial charge >= 0.3 is 0 Å². The summed E-state index contributed by atoms with van der Waals surface area (Å²) in [4.78, 5) is 10.4. The Kier molecular flexibility index (Phi) is 4.58. The Balaban J connectivity index is 2.11. The Morgan fingerprint density at radius 2 is 1.89 bits per heavy atom. The van der Waals surface area contributed by atoms with Crippen molar-refractivity contribution in [2.45, 2.75) is 44.6 Å². The van der Waals surface area contributed by atoms with Crippen molar-refractivity contribution in [3.63, 3.8) is 0 Å². The Bertz CT molecular complexity index is 429. The Hall–Kier alpha value is -1.10. The molecule has 1 fully saturated rings. The molecule has 0 amide bonds. The van der Waals surface area contributed by atoms with Crippen molar-refractivity contribution in [2.24, 2.45) is 0 Å². The summed E-state index contributed by atoms with van der Waals surface area (Å²) in [6.45, 7) is 0. The molecule has 0 spiro atoms. The molecule has 0 radical (unpaired) electrons. The van der Waals surface area contributed by atoms with Crippen molar-refractivity contribution in [1.82, 2.24) is 0 Å². The topological polar surface area (TPSA) is 55.2 Å². The maximum absolute atomic E-state index is 10.8. The summed E-state index contributed by atoms with van der Waals surface area (Å²) < 4.78 is 0.886. The number of nitro benzene ring substituents is 1. The molecule has 0 aliphatic heterocycles. The number of nitrogens with one attached hydrogen (secondary N) is 1. The van der Waals surface area contributed by atoms with Crippen LogP contribution in [-0.2, 0) is 0 Å². The summed E-state index contributed by atoms with van der Waals surface area (Å²) in [6.07, 6.45) is 7.38. The highest BCUT2D eigenvalue weighted by atomic mass is 79.9. The van der Waals surface area contributed by atoms with Gasteiger partial charge in [-0.2, -0.15) is 0 Å². The molecular weight excluding hydrogens is 296 g/mol. The van der Waals surface area contributed by atoms with E-state index < -0.39 is 0 Å². The first-order valence-electron chi connectivity index (χ1n) is 6.37. The molecule has 0 atom stereocenters. The summed E-state index contributed by atoms with van der Waals surface area (Å²) >= 11 is 3.44. The van der Waals surface area contributed by atoms with E-state index in [0.29, 0.717) is 6.04 Å². The van der Waals surface area contributed by atoms with Gasteiger partial charge in [-0.1, -0.05) is 25.7 Å². The molecule has 0 aromatic heterocycles. The van der Waals surface area contributed by atoms with E-state index in [4.69, 9.17) is 0 Å². The molecule has 18 heavy (non-hydrogen) atoms. The number of non-ortho nitro benzene ring substituents is 1. The first-order chi connectivity index (χ1) is 8.66. The number of nitro groups is 1. The molecule has 1 N–H and O–H groups in total. The molecule has 1 aromatic carbocycles. The van der Waals surface area contributed by atoms with Crippen LogP contribution in [0.4, 0.5) is 11.4 Å². The van der Waals surface area contributed by atoms with Crippen molar-refractivity contribution in [3.8, 4) is 0 Å². The van der Waals surface area contributed by atoms with Crippen LogP contribution >= 0.6 is 15.9 Å². The van der Waals surface area contributed by atoms with Gasteiger partial charge in [-0.05, 0) is 34.8 Å². The van der Waals surface area contributed by atoms with Crippen molar-refractivity contribution in [2.75, 3.05) is 5.32 Å². The molecule has 0 saturated heterocycles. The average Bonchev–Trinajstić information content (AvgIpc) is 2.60. The lowest BCUT2D eigenvalue weighted by Crippen LogP contribution is -2.18. The van der Waals surface area contributed by atoms with Crippen LogP contribution in [0.1, 0.15) is 38.5 Å². The summed E-state index contributed by atoms with van der Waals surface area (Å²) in [7, 11) is 0. The van der Waals surface area contributed by atoms with E-state index >= 15 is 0 Å². The van der Waals surface area contributed by atoms with Crippen LogP contribution in [0.3, 0.4) is 0 Å². The SMILES string of the molecule is O=[N+]([O-])c1ccc(Br)c(NC2CCCCCC2)c1. The molecule has 0 unspecified atom stereocenters. The highest BCUT2D eigenvalue weighted by Crippen LogP contribution is 2.29. The van der Waals surface area contributed by atoms with Crippen molar-refractivity contribution in [1.29, 1.82) is 0 Å². The molecule has 98 valence electrons. The van der Waals surface area contributed by atoms with Crippen LogP contribution in [0.5, 0.6) is 0 Å². The fourth-order valence-corrected chi connectivity index (χ4v) is 2.74. The highest BCUT2D eigenvalue weighted by molar-refractivity contribution is 9.10. The van der Waals surface area contributed by atoms with E-state index in [2.05, 4.69) is 21.2 Å². The number of benzene rings is 1. The molecule has 5 heteroatoms. The van der Waals surface area contributed by atoms with Crippen molar-refractivity contribution in [3.05, 3.63) is 32.8 Å². The number of nitrogens with zero attached hydrogens (tertiary/aromatic N) is 1. The number of halogens is 1. The van der Waals surface area contributed by atoms with E-state index in [-0.39, 0.29) is 10.6 Å². The summed E-state index contributed by atoms with van der Waals surface area (Å²) in [5.74, 6) is 0. The third kappa shape index (κ3) is 3.45. The molecule has 1 aromatic rings. The lowest BCUT2D eigenvalue weighted by molar-refractivity contribution is -0.384. The van der Waals surface area contributed by atoms with Crippen LogP contribution < -0.4 is 5.32 Å². The minimum atomic E-state index is -0.356. The minimum Gasteiger partial charge on any atom is -0.381 e. The maximum Gasteiger partial charge on any atom is 0.271 e. The first kappa shape index (κ1) is 13.3. The van der Waals surface area contributed by atoms with E-state index in [1.165, 1.54) is 31.7 Å². The number of anilines is 1. The summed E-state index contributed by atoms with van der Waals surface area (Å²) in [5.41, 5.74) is 0.963. The lowest BCUT2D eigenvalue weighted by Gasteiger charge is -2.18. The van der Waals surface area contributed by atoms with E-state index in [1.807, 2.05) is 0 Å². The predicted octanol–water partition coefficient (Wildman–Crippen LogP) is 4.49. The molecule has 1 saturated carbocycles. The van der Waals surface area contributed by atoms with Crippen LogP contribution in [0.15, 0.2) is 22.7 Å². The average molecular weight is 313 g/mol. The largest absolute Gasteiger partial charge is 0.381 e. The van der Waals surface area contributed by atoms with Gasteiger partial charge in [0.15, 0.2) is 0 Å². The standard InChI is InChI=1S/C13H17BrN2O2/c14-12-8-7-11(16(17)18)9-13(12)15-10-5-3-1-2-4-6-10/h7-10,15H,1-6H2. The van der Waals surface area contributed by atoms with Gasteiger partial charge < -0.3 is 5.32 Å². The quantitative estimate of drug-likeness (QED) is 0.508. The maximum atomic E-state index is 10.8. The molecule has 2 rings (SSSR count). The monoisotopic (exact) mass is 312 g/mol. The summed E-state index contributed by atoms with van der Waals surface area (Å²) in [5, 5.41) is 14.2. The van der Waals surface area contributed by atoms with Crippen LogP contribution in [0.2, 0.25) is 0 Å². The van der Waals surface area contributed by atoms with Gasteiger partial charge in [-0.15, -0.1) is 0 Å². The normalized spacial score (nSPS) is 17.2. The van der Waals surface area contributed by atoms with Gasteiger partial charge in [0.25, 0.3) is 5.69 Å². The Morgan fingerprint density at radius 3 is 2.50 bits per heavy atom. The minimum absolute atomic E-state index is 0.134. The first-order valence-corrected chi connectivity index (χ1v) is 7.16. The zero-order valence-electron chi connectivity index (χ0n) is 10.2. The summed E-state index contributed by atoms with van der Waals surface area (Å²) in [6, 6.07) is 5.29. The second-order valence-corrected chi connectivity index (χ2v) is 5.61. The third-order valence-electron chi connectivity index (χ3n) is 3.38.